The van der Waals surface area contributed by atoms with Crippen molar-refractivity contribution in [3.8, 4) is 0 Å². The molecule has 0 aliphatic heterocycles. The zero-order valence-corrected chi connectivity index (χ0v) is 11.0. The number of methoxy groups -OCH3 is 1. The van der Waals surface area contributed by atoms with Crippen molar-refractivity contribution < 1.29 is 9.53 Å². The molecule has 84 valence electrons. The molecular formula is C10H20BrNO2. The van der Waals surface area contributed by atoms with E-state index >= 15 is 0 Å². The zero-order valence-electron chi connectivity index (χ0n) is 9.39. The van der Waals surface area contributed by atoms with Crippen molar-refractivity contribution in [3.05, 3.63) is 0 Å². The van der Waals surface area contributed by atoms with E-state index in [0.717, 1.165) is 6.42 Å². The van der Waals surface area contributed by atoms with Crippen molar-refractivity contribution in [2.45, 2.75) is 33.2 Å². The monoisotopic (exact) mass is 265 g/mol. The normalized spacial score (nSPS) is 13.8. The van der Waals surface area contributed by atoms with E-state index < -0.39 is 0 Å². The number of halogens is 1. The van der Waals surface area contributed by atoms with Crippen LogP contribution in [0, 0.1) is 5.41 Å². The van der Waals surface area contributed by atoms with Gasteiger partial charge in [0, 0.05) is 17.9 Å². The first-order valence-corrected chi connectivity index (χ1v) is 5.96. The van der Waals surface area contributed by atoms with Crippen LogP contribution >= 0.6 is 15.9 Å². The van der Waals surface area contributed by atoms with Gasteiger partial charge >= 0.3 is 0 Å². The fourth-order valence-corrected chi connectivity index (χ4v) is 1.22. The number of alkyl halides is 1. The van der Waals surface area contributed by atoms with Gasteiger partial charge in [0.2, 0.25) is 5.91 Å². The minimum absolute atomic E-state index is 0.0540. The molecule has 0 aromatic heterocycles. The van der Waals surface area contributed by atoms with Gasteiger partial charge in [-0.1, -0.05) is 36.7 Å². The first-order chi connectivity index (χ1) is 6.47. The minimum Gasteiger partial charge on any atom is -0.383 e. The molecule has 0 rings (SSSR count). The Hall–Kier alpha value is -0.0900. The Bertz CT molecular complexity index is 183. The molecule has 14 heavy (non-hydrogen) atoms. The largest absolute Gasteiger partial charge is 0.383 e. The Morgan fingerprint density at radius 1 is 1.57 bits per heavy atom. The topological polar surface area (TPSA) is 38.3 Å². The van der Waals surface area contributed by atoms with Gasteiger partial charge in [-0.05, 0) is 6.42 Å². The molecular weight excluding hydrogens is 246 g/mol. The van der Waals surface area contributed by atoms with Gasteiger partial charge in [-0.25, -0.2) is 0 Å². The lowest BCUT2D eigenvalue weighted by Gasteiger charge is -2.25. The van der Waals surface area contributed by atoms with Gasteiger partial charge in [0.15, 0.2) is 0 Å². The van der Waals surface area contributed by atoms with Gasteiger partial charge in [0.05, 0.1) is 12.6 Å². The summed E-state index contributed by atoms with van der Waals surface area (Å²) >= 11 is 3.34. The average Bonchev–Trinajstić information content (AvgIpc) is 2.16. The number of carbonyl (C=O) groups is 1. The third-order valence-electron chi connectivity index (χ3n) is 2.39. The van der Waals surface area contributed by atoms with Crippen molar-refractivity contribution in [3.63, 3.8) is 0 Å². The Labute approximate surface area is 94.7 Å². The SMILES string of the molecule is CCC(C)(C)C(=O)NC(CBr)COC. The van der Waals surface area contributed by atoms with Gasteiger partial charge in [-0.2, -0.15) is 0 Å². The van der Waals surface area contributed by atoms with Crippen LogP contribution in [0.25, 0.3) is 0 Å². The van der Waals surface area contributed by atoms with Crippen LogP contribution < -0.4 is 5.32 Å². The predicted octanol–water partition coefficient (Wildman–Crippen LogP) is 1.95. The molecule has 1 unspecified atom stereocenters. The van der Waals surface area contributed by atoms with Crippen LogP contribution in [0.4, 0.5) is 0 Å². The zero-order chi connectivity index (χ0) is 11.2. The van der Waals surface area contributed by atoms with Crippen molar-refractivity contribution in [2.75, 3.05) is 19.0 Å². The van der Waals surface area contributed by atoms with Crippen molar-refractivity contribution in [2.24, 2.45) is 5.41 Å². The number of carbonyl (C=O) groups excluding carboxylic acids is 1. The van der Waals surface area contributed by atoms with E-state index in [1.165, 1.54) is 0 Å². The van der Waals surface area contributed by atoms with Gasteiger partial charge in [0.1, 0.15) is 0 Å². The molecule has 1 amide bonds. The van der Waals surface area contributed by atoms with E-state index in [-0.39, 0.29) is 17.4 Å². The van der Waals surface area contributed by atoms with Crippen LogP contribution in [0.5, 0.6) is 0 Å². The molecule has 3 nitrogen and oxygen atoms in total. The summed E-state index contributed by atoms with van der Waals surface area (Å²) in [5, 5.41) is 3.66. The maximum Gasteiger partial charge on any atom is 0.225 e. The van der Waals surface area contributed by atoms with E-state index in [4.69, 9.17) is 4.74 Å². The highest BCUT2D eigenvalue weighted by molar-refractivity contribution is 9.09. The van der Waals surface area contributed by atoms with Crippen LogP contribution in [0.15, 0.2) is 0 Å². The highest BCUT2D eigenvalue weighted by Crippen LogP contribution is 2.19. The molecule has 4 heteroatoms. The van der Waals surface area contributed by atoms with E-state index in [0.29, 0.717) is 11.9 Å². The maximum absolute atomic E-state index is 11.8. The quantitative estimate of drug-likeness (QED) is 0.746. The van der Waals surface area contributed by atoms with Gasteiger partial charge in [0.25, 0.3) is 0 Å². The molecule has 1 N–H and O–H groups in total. The molecule has 0 fully saturated rings. The van der Waals surface area contributed by atoms with Crippen LogP contribution in [0.2, 0.25) is 0 Å². The summed E-state index contributed by atoms with van der Waals surface area (Å²) < 4.78 is 5.00. The second-order valence-electron chi connectivity index (χ2n) is 4.02. The summed E-state index contributed by atoms with van der Waals surface area (Å²) in [5.41, 5.74) is -0.297. The summed E-state index contributed by atoms with van der Waals surface area (Å²) in [5.74, 6) is 0.0847. The summed E-state index contributed by atoms with van der Waals surface area (Å²) in [4.78, 5) is 11.8. The number of ether oxygens (including phenoxy) is 1. The molecule has 0 bridgehead atoms. The van der Waals surface area contributed by atoms with E-state index in [1.807, 2.05) is 20.8 Å². The lowest BCUT2D eigenvalue weighted by Crippen LogP contribution is -2.45. The molecule has 0 saturated heterocycles. The predicted molar refractivity (Wildman–Crippen MR) is 61.7 cm³/mol. The highest BCUT2D eigenvalue weighted by Gasteiger charge is 2.26. The van der Waals surface area contributed by atoms with Crippen LogP contribution in [0.1, 0.15) is 27.2 Å². The lowest BCUT2D eigenvalue weighted by molar-refractivity contribution is -0.130. The Balaban J connectivity index is 4.15. The Kier molecular flexibility index (Phi) is 6.36. The van der Waals surface area contributed by atoms with Gasteiger partial charge in [-0.15, -0.1) is 0 Å². The van der Waals surface area contributed by atoms with Crippen LogP contribution in [-0.2, 0) is 9.53 Å². The third kappa shape index (κ3) is 4.42. The average molecular weight is 266 g/mol. The first kappa shape index (κ1) is 13.9. The minimum atomic E-state index is -0.297. The molecule has 1 atom stereocenters. The molecule has 0 saturated carbocycles. The lowest BCUT2D eigenvalue weighted by atomic mass is 9.89. The molecule has 0 aromatic rings. The third-order valence-corrected chi connectivity index (χ3v) is 3.17. The molecule has 0 radical (unpaired) electrons. The number of rotatable bonds is 6. The summed E-state index contributed by atoms with van der Waals surface area (Å²) in [7, 11) is 1.63. The number of hydrogen-bond donors (Lipinski definition) is 1. The number of hydrogen-bond acceptors (Lipinski definition) is 2. The van der Waals surface area contributed by atoms with Crippen molar-refractivity contribution >= 4 is 21.8 Å². The summed E-state index contributed by atoms with van der Waals surface area (Å²) in [6.07, 6.45) is 0.834. The van der Waals surface area contributed by atoms with Crippen LogP contribution in [0.3, 0.4) is 0 Å². The standard InChI is InChI=1S/C10H20BrNO2/c1-5-10(2,3)9(13)12-8(6-11)7-14-4/h8H,5-7H2,1-4H3,(H,12,13). The Morgan fingerprint density at radius 2 is 2.14 bits per heavy atom. The molecule has 0 heterocycles. The highest BCUT2D eigenvalue weighted by atomic mass is 79.9. The molecule has 0 aliphatic rings. The fourth-order valence-electron chi connectivity index (χ4n) is 0.867. The van der Waals surface area contributed by atoms with E-state index in [9.17, 15) is 4.79 Å². The molecule has 0 aromatic carbocycles. The van der Waals surface area contributed by atoms with Crippen molar-refractivity contribution in [1.29, 1.82) is 0 Å². The summed E-state index contributed by atoms with van der Waals surface area (Å²) in [6, 6.07) is 0.0540. The van der Waals surface area contributed by atoms with Crippen molar-refractivity contribution in [1.82, 2.24) is 5.32 Å². The fraction of sp³-hybridized carbons (Fsp3) is 0.900. The van der Waals surface area contributed by atoms with Gasteiger partial charge in [-0.3, -0.25) is 4.79 Å². The first-order valence-electron chi connectivity index (χ1n) is 4.83. The number of nitrogens with one attached hydrogen (secondary N) is 1. The van der Waals surface area contributed by atoms with Crippen LogP contribution in [-0.4, -0.2) is 31.0 Å². The maximum atomic E-state index is 11.8. The molecule has 0 aliphatic carbocycles. The molecule has 0 spiro atoms. The smallest absolute Gasteiger partial charge is 0.225 e. The van der Waals surface area contributed by atoms with E-state index in [2.05, 4.69) is 21.2 Å². The van der Waals surface area contributed by atoms with E-state index in [1.54, 1.807) is 7.11 Å². The van der Waals surface area contributed by atoms with Gasteiger partial charge < -0.3 is 10.1 Å². The second-order valence-corrected chi connectivity index (χ2v) is 4.66. The number of amides is 1. The second kappa shape index (κ2) is 6.40. The Morgan fingerprint density at radius 3 is 2.50 bits per heavy atom. The summed E-state index contributed by atoms with van der Waals surface area (Å²) in [6.45, 7) is 6.44.